The van der Waals surface area contributed by atoms with Gasteiger partial charge in [0.1, 0.15) is 122 Å². The second kappa shape index (κ2) is 41.8. The minimum absolute atomic E-state index is 0. The van der Waals surface area contributed by atoms with Gasteiger partial charge in [0.2, 0.25) is 0 Å². The van der Waals surface area contributed by atoms with E-state index in [1.54, 1.807) is 42.5 Å². The van der Waals surface area contributed by atoms with Gasteiger partial charge >= 0.3 is 0 Å². The first kappa shape index (κ1) is 91.7. The largest absolute Gasteiger partial charge is 0.508 e. The van der Waals surface area contributed by atoms with Crippen molar-refractivity contribution in [3.8, 4) is 34.5 Å². The molecule has 4 aliphatic rings. The number of ether oxygens (including phenoxy) is 5. The number of aryl methyl sites for hydroxylation is 3. The summed E-state index contributed by atoms with van der Waals surface area (Å²) in [7, 11) is -2.56. The zero-order chi connectivity index (χ0) is 86.7. The number of benzene rings is 14. The van der Waals surface area contributed by atoms with Crippen molar-refractivity contribution >= 4 is 89.5 Å². The third-order valence-electron chi connectivity index (χ3n) is 21.4. The first-order valence-corrected chi connectivity index (χ1v) is 45.4. The quantitative estimate of drug-likeness (QED) is 0.0301. The van der Waals surface area contributed by atoms with Gasteiger partial charge in [0.05, 0.1) is 5.88 Å². The summed E-state index contributed by atoms with van der Waals surface area (Å²) >= 11 is 5.73. The first-order chi connectivity index (χ1) is 59.2. The molecule has 634 valence electrons. The van der Waals surface area contributed by atoms with Crippen LogP contribution in [-0.2, 0) is 57.2 Å². The summed E-state index contributed by atoms with van der Waals surface area (Å²) in [4.78, 5) is 10.1. The molecule has 0 radical (unpaired) electrons. The molecule has 0 fully saturated rings. The predicted octanol–water partition coefficient (Wildman–Crippen LogP) is 25.3. The Morgan fingerprint density at radius 3 is 1.17 bits per heavy atom. The lowest BCUT2D eigenvalue weighted by Crippen LogP contribution is -2.32. The van der Waals surface area contributed by atoms with Crippen LogP contribution in [-0.4, -0.2) is 33.8 Å². The maximum absolute atomic E-state index is 14.8. The van der Waals surface area contributed by atoms with Gasteiger partial charge in [0.25, 0.3) is 0 Å². The van der Waals surface area contributed by atoms with Gasteiger partial charge in [0, 0.05) is 70.2 Å². The molecule has 0 amide bonds. The molecule has 0 aromatic heterocycles. The summed E-state index contributed by atoms with van der Waals surface area (Å²) in [6.45, 7) is 18.7. The molecule has 4 aliphatic heterocycles. The average Bonchev–Trinajstić information content (AvgIpc) is 1.18. The molecule has 0 unspecified atom stereocenters. The SMILES string of the molecule is CC1(C)Cc2cc(F)cc(C=Cc3ccc(OCc4ccccc4)cc3)c2O1.CC1(C)Cc2cc(F)cc(CCc3ccc(O)cc3)c2O1.CC1(C)Cc2cc(F)cc(CCl)c2O1.CC1(C)Cc2cc(F)cc(C[P+](c3ccccc3)(c3ccccc3)c3ccccc3)c2O1.Cc1ccc(C=O)cc1.Cl.c1ccc(P(c2ccccc2)c2ccccc2)cc1. The second-order valence-electron chi connectivity index (χ2n) is 33.6. The average molecular weight is 1740 g/mol. The molecular weight excluding hydrogens is 1630 g/mol. The van der Waals surface area contributed by atoms with Crippen molar-refractivity contribution in [1.29, 1.82) is 0 Å². The van der Waals surface area contributed by atoms with Gasteiger partial charge in [-0.2, -0.15) is 0 Å². The number of phenols is 1. The number of aromatic hydroxyl groups is 1. The highest BCUT2D eigenvalue weighted by atomic mass is 35.5. The fraction of sp³-hybridized carbons (Fsp3) is 0.202. The molecule has 15 heteroatoms. The van der Waals surface area contributed by atoms with E-state index in [-0.39, 0.29) is 69.7 Å². The highest BCUT2D eigenvalue weighted by Gasteiger charge is 2.48. The molecule has 0 spiro atoms. The molecule has 0 bridgehead atoms. The second-order valence-corrected chi connectivity index (χ2v) is 39.6. The van der Waals surface area contributed by atoms with Gasteiger partial charge in [-0.05, 0) is 230 Å². The number of carbonyl (C=O) groups excluding carboxylic acids is 1. The monoisotopic (exact) mass is 1730 g/mol. The lowest BCUT2D eigenvalue weighted by Gasteiger charge is -2.28. The van der Waals surface area contributed by atoms with E-state index in [2.05, 4.69) is 196 Å². The normalized spacial score (nSPS) is 14.0. The number of hydrogen-bond donors (Lipinski definition) is 1. The van der Waals surface area contributed by atoms with Crippen LogP contribution in [0.4, 0.5) is 17.6 Å². The number of rotatable bonds is 18. The molecule has 0 aliphatic carbocycles. The van der Waals surface area contributed by atoms with Gasteiger partial charge in [-0.1, -0.05) is 242 Å². The summed E-state index contributed by atoms with van der Waals surface area (Å²) in [5.74, 6) is 3.78. The van der Waals surface area contributed by atoms with Crippen molar-refractivity contribution in [2.75, 3.05) is 0 Å². The standard InChI is InChI=1S/C29H27FOP.C25H23FO2.C18H19FO2.C18H15P.C11H12ClFO.C8H8O.ClH/c1-29(2)20-22-18-24(30)19-23(28(22)31-29)21-32(25-12-6-3-7-13-25,26-14-8-4-9-15-26)27-16-10-5-11-17-27;1-25(2)16-21-15-22(26)14-20(24(21)28-25)11-8-18-9-12-23(13-10-18)27-17-19-6-4-3-5-7-19;1-18(2)11-14-10-15(19)9-13(17(14)21-18)6-3-12-4-7-16(20)8-5-12;1-4-10-16(11-5-1)19(17-12-6-2-7-13-17)18-14-8-3-9-15-18;1-11(2)5-7-3-9(13)4-8(6-12)10(7)14-11;1-7-2-4-8(6-9)5-3-7;/h3-19H,20-21H2,1-2H3;3-15H,16-17H2,1-2H3;4-5,7-10,20H,3,6,11H2,1-2H3;1-15H;3-4H,5-6H2,1-2H3;2-6H,1H3;1H/q+1;;;;;;. The molecule has 18 rings (SSSR count). The summed E-state index contributed by atoms with van der Waals surface area (Å²) in [6.07, 6.45) is 9.86. The highest BCUT2D eigenvalue weighted by molar-refractivity contribution is 7.95. The van der Waals surface area contributed by atoms with E-state index in [1.807, 2.05) is 152 Å². The predicted molar refractivity (Wildman–Crippen MR) is 508 cm³/mol. The van der Waals surface area contributed by atoms with Gasteiger partial charge in [-0.25, -0.2) is 17.6 Å². The molecule has 7 nitrogen and oxygen atoms in total. The highest BCUT2D eigenvalue weighted by Crippen LogP contribution is 2.60. The number of fused-ring (bicyclic) bond motifs is 4. The van der Waals surface area contributed by atoms with Crippen LogP contribution in [0.5, 0.6) is 34.5 Å². The third kappa shape index (κ3) is 24.5. The lowest BCUT2D eigenvalue weighted by atomic mass is 9.98. The van der Waals surface area contributed by atoms with Crippen LogP contribution in [0.15, 0.2) is 334 Å². The molecular formula is C109H105Cl2F4O7P2+. The number of carbonyl (C=O) groups is 1. The summed E-state index contributed by atoms with van der Waals surface area (Å²) < 4.78 is 85.6. The molecule has 14 aromatic carbocycles. The topological polar surface area (TPSA) is 83.5 Å². The number of alkyl halides is 1. The maximum atomic E-state index is 14.8. The van der Waals surface area contributed by atoms with Gasteiger partial charge < -0.3 is 28.8 Å². The van der Waals surface area contributed by atoms with Gasteiger partial charge in [0.15, 0.2) is 0 Å². The molecule has 124 heavy (non-hydrogen) atoms. The fourth-order valence-electron chi connectivity index (χ4n) is 15.9. The van der Waals surface area contributed by atoms with Crippen molar-refractivity contribution in [3.05, 3.63) is 429 Å². The molecule has 0 saturated carbocycles. The maximum Gasteiger partial charge on any atom is 0.150 e. The van der Waals surface area contributed by atoms with Crippen LogP contribution < -0.4 is 55.5 Å². The van der Waals surface area contributed by atoms with E-state index in [1.165, 1.54) is 55.6 Å². The van der Waals surface area contributed by atoms with Crippen molar-refractivity contribution in [3.63, 3.8) is 0 Å². The van der Waals surface area contributed by atoms with E-state index in [0.717, 1.165) is 134 Å². The Bertz CT molecular complexity index is 5660. The van der Waals surface area contributed by atoms with Crippen molar-refractivity contribution in [2.24, 2.45) is 0 Å². The third-order valence-corrected chi connectivity index (χ3v) is 28.4. The number of hydrogen-bond acceptors (Lipinski definition) is 7. The molecule has 0 saturated heterocycles. The van der Waals surface area contributed by atoms with E-state index in [0.29, 0.717) is 19.2 Å². The van der Waals surface area contributed by atoms with Crippen LogP contribution in [0.1, 0.15) is 133 Å². The van der Waals surface area contributed by atoms with Crippen molar-refractivity contribution < 1.29 is 51.1 Å². The minimum Gasteiger partial charge on any atom is -0.508 e. The Hall–Kier alpha value is -11.6. The number of halogens is 6. The minimum atomic E-state index is -2.12. The van der Waals surface area contributed by atoms with Crippen LogP contribution in [0.25, 0.3) is 12.2 Å². The smallest absolute Gasteiger partial charge is 0.150 e. The molecule has 14 aromatic rings. The van der Waals surface area contributed by atoms with Crippen molar-refractivity contribution in [1.82, 2.24) is 0 Å². The lowest BCUT2D eigenvalue weighted by molar-refractivity contribution is 0.112. The number of aldehydes is 1. The van der Waals surface area contributed by atoms with E-state index in [9.17, 15) is 27.5 Å². The molecule has 1 N–H and O–H groups in total. The molecule has 0 atom stereocenters. The van der Waals surface area contributed by atoms with Gasteiger partial charge in [-0.15, -0.1) is 24.0 Å². The Morgan fingerprint density at radius 1 is 0.395 bits per heavy atom. The Balaban J connectivity index is 0.000000140. The van der Waals surface area contributed by atoms with Gasteiger partial charge in [-0.3, -0.25) is 4.79 Å². The van der Waals surface area contributed by atoms with Crippen LogP contribution >= 0.6 is 39.2 Å². The first-order valence-electron chi connectivity index (χ1n) is 41.5. The summed E-state index contributed by atoms with van der Waals surface area (Å²) in [5, 5.41) is 17.3. The number of phenolic OH excluding ortho intramolecular Hbond substituents is 1. The molecule has 4 heterocycles. The van der Waals surface area contributed by atoms with Crippen LogP contribution in [0.2, 0.25) is 0 Å². The Kier molecular flexibility index (Phi) is 30.9. The fourth-order valence-corrected chi connectivity index (χ4v) is 22.6. The van der Waals surface area contributed by atoms with E-state index >= 15 is 0 Å². The van der Waals surface area contributed by atoms with E-state index < -0.39 is 15.2 Å². The van der Waals surface area contributed by atoms with Crippen LogP contribution in [0.3, 0.4) is 0 Å². The van der Waals surface area contributed by atoms with Crippen LogP contribution in [0, 0.1) is 30.2 Å². The summed E-state index contributed by atoms with van der Waals surface area (Å²) in [5.41, 5.74) is 11.2. The van der Waals surface area contributed by atoms with Crippen molar-refractivity contribution in [2.45, 2.75) is 142 Å². The zero-order valence-electron chi connectivity index (χ0n) is 71.4. The zero-order valence-corrected chi connectivity index (χ0v) is 74.8. The Morgan fingerprint density at radius 2 is 0.750 bits per heavy atom. The van der Waals surface area contributed by atoms with E-state index in [4.69, 9.17) is 35.3 Å². The summed E-state index contributed by atoms with van der Waals surface area (Å²) in [6, 6.07) is 109. The Labute approximate surface area is 741 Å².